The summed E-state index contributed by atoms with van der Waals surface area (Å²) in [5.74, 6) is -0.481. The molecule has 21 heavy (non-hydrogen) atoms. The molecule has 1 atom stereocenters. The van der Waals surface area contributed by atoms with Crippen molar-refractivity contribution in [1.29, 1.82) is 0 Å². The van der Waals surface area contributed by atoms with Crippen molar-refractivity contribution < 1.29 is 4.79 Å². The minimum Gasteiger partial charge on any atom is -0.366 e. The van der Waals surface area contributed by atoms with Gasteiger partial charge in [0.2, 0.25) is 5.91 Å². The van der Waals surface area contributed by atoms with Gasteiger partial charge in [-0.25, -0.2) is 0 Å². The molecule has 0 saturated heterocycles. The maximum atomic E-state index is 11.1. The molecule has 0 aliphatic carbocycles. The van der Waals surface area contributed by atoms with E-state index in [0.29, 0.717) is 17.1 Å². The number of rotatable bonds is 5. The van der Waals surface area contributed by atoms with E-state index >= 15 is 0 Å². The Hall–Kier alpha value is -1.55. The van der Waals surface area contributed by atoms with Crippen molar-refractivity contribution in [2.45, 2.75) is 19.5 Å². The molecule has 0 spiro atoms. The maximum Gasteiger partial charge on any atom is 0.248 e. The van der Waals surface area contributed by atoms with Crippen LogP contribution in [-0.2, 0) is 6.54 Å². The number of primary amides is 1. The lowest BCUT2D eigenvalue weighted by Crippen LogP contribution is -2.18. The van der Waals surface area contributed by atoms with Crippen LogP contribution in [0.1, 0.15) is 34.5 Å². The molecule has 2 aromatic rings. The van der Waals surface area contributed by atoms with Gasteiger partial charge in [0.1, 0.15) is 0 Å². The van der Waals surface area contributed by atoms with Crippen molar-refractivity contribution in [2.75, 3.05) is 0 Å². The summed E-state index contributed by atoms with van der Waals surface area (Å²) >= 11 is 12.0. The lowest BCUT2D eigenvalue weighted by atomic mass is 10.1. The largest absolute Gasteiger partial charge is 0.366 e. The standard InChI is InChI=1S/C16H16Cl2N2O/c1-10(11-4-6-14(17)7-5-11)20-9-13-3-2-12(16(19)21)8-15(13)18/h2-8,10,20H,9H2,1H3,(H2,19,21)/t10-/m1/s1. The van der Waals surface area contributed by atoms with Gasteiger partial charge >= 0.3 is 0 Å². The lowest BCUT2D eigenvalue weighted by molar-refractivity contribution is 0.100. The van der Waals surface area contributed by atoms with Crippen molar-refractivity contribution >= 4 is 29.1 Å². The Balaban J connectivity index is 2.02. The van der Waals surface area contributed by atoms with Crippen LogP contribution in [0.2, 0.25) is 10.0 Å². The number of nitrogens with two attached hydrogens (primary N) is 1. The molecule has 0 aromatic heterocycles. The number of amides is 1. The summed E-state index contributed by atoms with van der Waals surface area (Å²) in [6.07, 6.45) is 0. The topological polar surface area (TPSA) is 55.1 Å². The molecular weight excluding hydrogens is 307 g/mol. The van der Waals surface area contributed by atoms with E-state index in [1.54, 1.807) is 12.1 Å². The van der Waals surface area contributed by atoms with Crippen molar-refractivity contribution in [3.63, 3.8) is 0 Å². The zero-order valence-electron chi connectivity index (χ0n) is 11.6. The summed E-state index contributed by atoms with van der Waals surface area (Å²) in [4.78, 5) is 11.1. The highest BCUT2D eigenvalue weighted by Crippen LogP contribution is 2.20. The molecule has 0 fully saturated rings. The number of carbonyl (C=O) groups excluding carboxylic acids is 1. The number of carbonyl (C=O) groups is 1. The molecular formula is C16H16Cl2N2O. The summed E-state index contributed by atoms with van der Waals surface area (Å²) in [7, 11) is 0. The number of nitrogens with one attached hydrogen (secondary N) is 1. The number of hydrogen-bond acceptors (Lipinski definition) is 2. The first-order valence-electron chi connectivity index (χ1n) is 6.54. The van der Waals surface area contributed by atoms with Gasteiger partial charge in [-0.05, 0) is 42.3 Å². The number of halogens is 2. The maximum absolute atomic E-state index is 11.1. The summed E-state index contributed by atoms with van der Waals surface area (Å²) < 4.78 is 0. The molecule has 0 bridgehead atoms. The van der Waals surface area contributed by atoms with Gasteiger partial charge in [0, 0.05) is 28.2 Å². The molecule has 3 N–H and O–H groups in total. The van der Waals surface area contributed by atoms with Gasteiger partial charge in [-0.2, -0.15) is 0 Å². The average molecular weight is 323 g/mol. The first-order valence-corrected chi connectivity index (χ1v) is 7.30. The summed E-state index contributed by atoms with van der Waals surface area (Å²) in [6.45, 7) is 2.66. The molecule has 3 nitrogen and oxygen atoms in total. The van der Waals surface area contributed by atoms with E-state index < -0.39 is 5.91 Å². The van der Waals surface area contributed by atoms with E-state index in [2.05, 4.69) is 12.2 Å². The summed E-state index contributed by atoms with van der Waals surface area (Å²) in [5.41, 5.74) is 7.69. The Kier molecular flexibility index (Phi) is 5.23. The molecule has 2 aromatic carbocycles. The van der Waals surface area contributed by atoms with Gasteiger partial charge in [0.25, 0.3) is 0 Å². The Labute approximate surface area is 134 Å². The Morgan fingerprint density at radius 3 is 2.43 bits per heavy atom. The van der Waals surface area contributed by atoms with Crippen LogP contribution in [-0.4, -0.2) is 5.91 Å². The van der Waals surface area contributed by atoms with E-state index in [9.17, 15) is 4.79 Å². The zero-order valence-corrected chi connectivity index (χ0v) is 13.1. The second-order valence-electron chi connectivity index (χ2n) is 4.82. The van der Waals surface area contributed by atoms with Gasteiger partial charge in [-0.15, -0.1) is 0 Å². The molecule has 0 radical (unpaired) electrons. The first kappa shape index (κ1) is 15.8. The molecule has 0 aliphatic rings. The number of hydrogen-bond donors (Lipinski definition) is 2. The number of benzene rings is 2. The smallest absolute Gasteiger partial charge is 0.248 e. The molecule has 1 amide bonds. The predicted octanol–water partition coefficient (Wildman–Crippen LogP) is 3.94. The van der Waals surface area contributed by atoms with E-state index in [1.807, 2.05) is 30.3 Å². The van der Waals surface area contributed by atoms with E-state index in [0.717, 1.165) is 16.1 Å². The highest BCUT2D eigenvalue weighted by molar-refractivity contribution is 6.31. The van der Waals surface area contributed by atoms with E-state index in [1.165, 1.54) is 0 Å². The van der Waals surface area contributed by atoms with Gasteiger partial charge in [-0.1, -0.05) is 41.4 Å². The second kappa shape index (κ2) is 6.94. The predicted molar refractivity (Wildman–Crippen MR) is 86.7 cm³/mol. The SMILES string of the molecule is C[C@@H](NCc1ccc(C(N)=O)cc1Cl)c1ccc(Cl)cc1. The van der Waals surface area contributed by atoms with Crippen molar-refractivity contribution in [3.8, 4) is 0 Å². The third-order valence-electron chi connectivity index (χ3n) is 3.31. The first-order chi connectivity index (χ1) is 9.97. The van der Waals surface area contributed by atoms with Crippen LogP contribution in [0.25, 0.3) is 0 Å². The van der Waals surface area contributed by atoms with Gasteiger partial charge in [0.15, 0.2) is 0 Å². The quantitative estimate of drug-likeness (QED) is 0.875. The molecule has 2 rings (SSSR count). The summed E-state index contributed by atoms with van der Waals surface area (Å²) in [6, 6.07) is 12.9. The summed E-state index contributed by atoms with van der Waals surface area (Å²) in [5, 5.41) is 4.63. The van der Waals surface area contributed by atoms with Gasteiger partial charge in [0.05, 0.1) is 0 Å². The molecule has 5 heteroatoms. The zero-order chi connectivity index (χ0) is 15.4. The second-order valence-corrected chi connectivity index (χ2v) is 5.67. The van der Waals surface area contributed by atoms with Crippen LogP contribution in [0.5, 0.6) is 0 Å². The fraction of sp³-hybridized carbons (Fsp3) is 0.188. The van der Waals surface area contributed by atoms with Crippen LogP contribution in [0.15, 0.2) is 42.5 Å². The molecule has 0 aliphatic heterocycles. The van der Waals surface area contributed by atoms with Gasteiger partial charge < -0.3 is 11.1 Å². The van der Waals surface area contributed by atoms with E-state index in [4.69, 9.17) is 28.9 Å². The Bertz CT molecular complexity index is 641. The lowest BCUT2D eigenvalue weighted by Gasteiger charge is -2.15. The Morgan fingerprint density at radius 2 is 1.86 bits per heavy atom. The van der Waals surface area contributed by atoms with Crippen LogP contribution in [0, 0.1) is 0 Å². The molecule has 110 valence electrons. The van der Waals surface area contributed by atoms with Crippen LogP contribution in [0.4, 0.5) is 0 Å². The fourth-order valence-corrected chi connectivity index (χ4v) is 2.35. The van der Waals surface area contributed by atoms with Crippen molar-refractivity contribution in [3.05, 3.63) is 69.2 Å². The average Bonchev–Trinajstić information content (AvgIpc) is 2.46. The molecule has 0 saturated carbocycles. The van der Waals surface area contributed by atoms with Gasteiger partial charge in [-0.3, -0.25) is 4.79 Å². The minimum absolute atomic E-state index is 0.161. The fourth-order valence-electron chi connectivity index (χ4n) is 1.98. The Morgan fingerprint density at radius 1 is 1.19 bits per heavy atom. The normalized spacial score (nSPS) is 12.1. The third-order valence-corrected chi connectivity index (χ3v) is 3.91. The van der Waals surface area contributed by atoms with Crippen LogP contribution in [0.3, 0.4) is 0 Å². The third kappa shape index (κ3) is 4.21. The minimum atomic E-state index is -0.481. The van der Waals surface area contributed by atoms with Crippen LogP contribution < -0.4 is 11.1 Å². The highest BCUT2D eigenvalue weighted by Gasteiger charge is 2.08. The monoisotopic (exact) mass is 322 g/mol. The molecule has 0 unspecified atom stereocenters. The highest BCUT2D eigenvalue weighted by atomic mass is 35.5. The van der Waals surface area contributed by atoms with Crippen molar-refractivity contribution in [2.24, 2.45) is 5.73 Å². The van der Waals surface area contributed by atoms with E-state index in [-0.39, 0.29) is 6.04 Å². The molecule has 0 heterocycles. The van der Waals surface area contributed by atoms with Crippen molar-refractivity contribution in [1.82, 2.24) is 5.32 Å². The van der Waals surface area contributed by atoms with Crippen LogP contribution >= 0.6 is 23.2 Å².